The molecule has 0 saturated heterocycles. The molecule has 1 nitrogen and oxygen atoms in total. The number of hydrogen-bond donors (Lipinski definition) is 0. The Balaban J connectivity index is 3.73. The standard InChI is InChI=1S/C12H5F10N/c13-8(7-3-1-2-6(4-7)5-23)9(10(14,15)16,11(17,18)19)12(20,21)22/h1-4,8H. The van der Waals surface area contributed by atoms with Crippen molar-refractivity contribution in [3.05, 3.63) is 35.4 Å². The summed E-state index contributed by atoms with van der Waals surface area (Å²) in [5.74, 6) is 0. The van der Waals surface area contributed by atoms with Crippen LogP contribution in [-0.2, 0) is 0 Å². The van der Waals surface area contributed by atoms with Gasteiger partial charge in [-0.1, -0.05) is 12.1 Å². The first kappa shape index (κ1) is 19.1. The molecule has 0 aliphatic carbocycles. The quantitative estimate of drug-likeness (QED) is 0.667. The predicted molar refractivity (Wildman–Crippen MR) is 55.6 cm³/mol. The lowest BCUT2D eigenvalue weighted by molar-refractivity contribution is -0.443. The van der Waals surface area contributed by atoms with Gasteiger partial charge >= 0.3 is 18.5 Å². The van der Waals surface area contributed by atoms with Gasteiger partial charge in [-0.2, -0.15) is 44.8 Å². The van der Waals surface area contributed by atoms with Crippen molar-refractivity contribution >= 4 is 0 Å². The van der Waals surface area contributed by atoms with E-state index < -0.39 is 41.2 Å². The third kappa shape index (κ3) is 2.94. The second kappa shape index (κ2) is 5.58. The highest BCUT2D eigenvalue weighted by molar-refractivity contribution is 5.35. The Hall–Kier alpha value is -1.99. The third-order valence-corrected chi connectivity index (χ3v) is 3.03. The molecule has 0 N–H and O–H groups in total. The van der Waals surface area contributed by atoms with Crippen molar-refractivity contribution in [3.63, 3.8) is 0 Å². The molecule has 0 heterocycles. The largest absolute Gasteiger partial charge is 0.415 e. The molecule has 1 atom stereocenters. The van der Waals surface area contributed by atoms with Crippen LogP contribution < -0.4 is 0 Å². The molecule has 1 unspecified atom stereocenters. The van der Waals surface area contributed by atoms with Gasteiger partial charge in [0.05, 0.1) is 11.6 Å². The van der Waals surface area contributed by atoms with Gasteiger partial charge in [0, 0.05) is 0 Å². The third-order valence-electron chi connectivity index (χ3n) is 3.03. The van der Waals surface area contributed by atoms with Crippen LogP contribution in [0.2, 0.25) is 0 Å². The van der Waals surface area contributed by atoms with Crippen LogP contribution in [0.1, 0.15) is 17.3 Å². The monoisotopic (exact) mass is 353 g/mol. The molecule has 0 aliphatic heterocycles. The van der Waals surface area contributed by atoms with Crippen molar-refractivity contribution in [1.29, 1.82) is 5.26 Å². The maximum atomic E-state index is 14.0. The van der Waals surface area contributed by atoms with Crippen LogP contribution in [0.3, 0.4) is 0 Å². The number of alkyl halides is 10. The molecule has 128 valence electrons. The molecule has 1 aromatic carbocycles. The van der Waals surface area contributed by atoms with Gasteiger partial charge in [-0.3, -0.25) is 0 Å². The summed E-state index contributed by atoms with van der Waals surface area (Å²) < 4.78 is 129. The Bertz CT molecular complexity index is 568. The molecule has 11 heteroatoms. The van der Waals surface area contributed by atoms with Crippen LogP contribution in [0.4, 0.5) is 43.9 Å². The molecule has 0 radical (unpaired) electrons. The van der Waals surface area contributed by atoms with E-state index in [0.717, 1.165) is 6.07 Å². The fraction of sp³-hybridized carbons (Fsp3) is 0.417. The minimum atomic E-state index is -7.01. The Morgan fingerprint density at radius 3 is 1.61 bits per heavy atom. The number of nitrogens with zero attached hydrogens (tertiary/aromatic N) is 1. The summed E-state index contributed by atoms with van der Waals surface area (Å²) in [4.78, 5) is 0. The van der Waals surface area contributed by atoms with Crippen molar-refractivity contribution < 1.29 is 43.9 Å². The van der Waals surface area contributed by atoms with E-state index in [4.69, 9.17) is 5.26 Å². The van der Waals surface area contributed by atoms with Crippen molar-refractivity contribution in [2.75, 3.05) is 0 Å². The maximum absolute atomic E-state index is 14.0. The summed E-state index contributed by atoms with van der Waals surface area (Å²) in [5.41, 5.74) is -8.76. The first-order chi connectivity index (χ1) is 10.2. The molecule has 23 heavy (non-hydrogen) atoms. The molecule has 0 fully saturated rings. The van der Waals surface area contributed by atoms with Crippen LogP contribution in [0.25, 0.3) is 0 Å². The molecule has 1 aromatic rings. The maximum Gasteiger partial charge on any atom is 0.415 e. The average Bonchev–Trinajstić information content (AvgIpc) is 2.34. The van der Waals surface area contributed by atoms with Gasteiger partial charge in [-0.15, -0.1) is 0 Å². The van der Waals surface area contributed by atoms with E-state index >= 15 is 0 Å². The number of hydrogen-bond acceptors (Lipinski definition) is 1. The lowest BCUT2D eigenvalue weighted by atomic mass is 9.77. The molecule has 0 spiro atoms. The minimum absolute atomic E-state index is 0.197. The smallest absolute Gasteiger partial charge is 0.241 e. The lowest BCUT2D eigenvalue weighted by Gasteiger charge is -2.40. The SMILES string of the molecule is N#Cc1cccc(C(F)C(C(F)(F)F)(C(F)(F)F)C(F)(F)F)c1. The van der Waals surface area contributed by atoms with Crippen LogP contribution >= 0.6 is 0 Å². The van der Waals surface area contributed by atoms with Crippen molar-refractivity contribution in [3.8, 4) is 6.07 Å². The van der Waals surface area contributed by atoms with Gasteiger partial charge in [0.15, 0.2) is 6.17 Å². The summed E-state index contributed by atoms with van der Waals surface area (Å²) in [7, 11) is 0. The zero-order valence-electron chi connectivity index (χ0n) is 10.6. The van der Waals surface area contributed by atoms with E-state index in [1.54, 1.807) is 0 Å². The van der Waals surface area contributed by atoms with E-state index in [1.165, 1.54) is 6.07 Å². The van der Waals surface area contributed by atoms with Crippen molar-refractivity contribution in [2.45, 2.75) is 24.7 Å². The van der Waals surface area contributed by atoms with E-state index in [2.05, 4.69) is 0 Å². The summed E-state index contributed by atoms with van der Waals surface area (Å²) in [6.45, 7) is 0. The number of rotatable bonds is 2. The first-order valence-electron chi connectivity index (χ1n) is 5.54. The van der Waals surface area contributed by atoms with Crippen molar-refractivity contribution in [1.82, 2.24) is 0 Å². The fourth-order valence-electron chi connectivity index (χ4n) is 1.93. The molecular weight excluding hydrogens is 348 g/mol. The summed E-state index contributed by atoms with van der Waals surface area (Å²) in [6, 6.07) is 3.34. The Morgan fingerprint density at radius 2 is 1.26 bits per heavy atom. The molecule has 0 saturated carbocycles. The zero-order valence-corrected chi connectivity index (χ0v) is 10.6. The van der Waals surface area contributed by atoms with Gasteiger partial charge < -0.3 is 0 Å². The molecule has 0 aromatic heterocycles. The van der Waals surface area contributed by atoms with Crippen LogP contribution in [0.5, 0.6) is 0 Å². The lowest BCUT2D eigenvalue weighted by Crippen LogP contribution is -2.62. The summed E-state index contributed by atoms with van der Waals surface area (Å²) in [6.07, 6.45) is -25.6. The van der Waals surface area contributed by atoms with Crippen molar-refractivity contribution in [2.24, 2.45) is 5.41 Å². The molecule has 0 bridgehead atoms. The van der Waals surface area contributed by atoms with Crippen LogP contribution in [0, 0.1) is 16.7 Å². The summed E-state index contributed by atoms with van der Waals surface area (Å²) >= 11 is 0. The molecule has 0 aliphatic rings. The highest BCUT2D eigenvalue weighted by Gasteiger charge is 2.87. The predicted octanol–water partition coefficient (Wildman–Crippen LogP) is 5.24. The highest BCUT2D eigenvalue weighted by Crippen LogP contribution is 2.66. The Kier molecular flexibility index (Phi) is 4.62. The van der Waals surface area contributed by atoms with E-state index in [1.807, 2.05) is 0 Å². The number of nitriles is 1. The van der Waals surface area contributed by atoms with Gasteiger partial charge in [-0.05, 0) is 17.7 Å². The molecular formula is C12H5F10N. The van der Waals surface area contributed by atoms with E-state index in [0.29, 0.717) is 12.1 Å². The highest BCUT2D eigenvalue weighted by atomic mass is 19.4. The topological polar surface area (TPSA) is 23.8 Å². The van der Waals surface area contributed by atoms with Crippen LogP contribution in [-0.4, -0.2) is 18.5 Å². The van der Waals surface area contributed by atoms with Crippen LogP contribution in [0.15, 0.2) is 24.3 Å². The fourth-order valence-corrected chi connectivity index (χ4v) is 1.93. The van der Waals surface area contributed by atoms with Gasteiger partial charge in [0.25, 0.3) is 5.41 Å². The van der Waals surface area contributed by atoms with E-state index in [9.17, 15) is 43.9 Å². The average molecular weight is 353 g/mol. The second-order valence-electron chi connectivity index (χ2n) is 4.40. The molecule has 0 amide bonds. The Labute approximate surface area is 122 Å². The number of halogens is 10. The molecule has 1 rings (SSSR count). The normalized spacial score (nSPS) is 15.2. The van der Waals surface area contributed by atoms with Gasteiger partial charge in [-0.25, -0.2) is 4.39 Å². The first-order valence-corrected chi connectivity index (χ1v) is 5.54. The zero-order chi connectivity index (χ0) is 18.3. The van der Waals surface area contributed by atoms with E-state index in [-0.39, 0.29) is 6.07 Å². The number of benzene rings is 1. The van der Waals surface area contributed by atoms with Gasteiger partial charge in [0.1, 0.15) is 0 Å². The Morgan fingerprint density at radius 1 is 0.826 bits per heavy atom. The second-order valence-corrected chi connectivity index (χ2v) is 4.40. The minimum Gasteiger partial charge on any atom is -0.241 e. The van der Waals surface area contributed by atoms with Gasteiger partial charge in [0.2, 0.25) is 0 Å². The summed E-state index contributed by atoms with van der Waals surface area (Å²) in [5, 5.41) is 8.49.